The van der Waals surface area contributed by atoms with Gasteiger partial charge in [-0.05, 0) is 66.6 Å². The molecule has 49 nitrogen and oxygen atoms in total. The Hall–Kier alpha value is -13.7. The van der Waals surface area contributed by atoms with Gasteiger partial charge in [0.15, 0.2) is 23.3 Å². The number of imidazole rings is 4. The highest BCUT2D eigenvalue weighted by Crippen LogP contribution is 2.46. The van der Waals surface area contributed by atoms with Gasteiger partial charge in [0.05, 0.1) is 188 Å². The maximum atomic E-state index is 14.4. The van der Waals surface area contributed by atoms with Crippen LogP contribution in [0.25, 0.3) is 21.7 Å². The SMILES string of the molecule is CC(=O)Nc1cn(C)c(C(=O)Nc2cn(C)c(C(=O)Nc3cn(C)c(C(=O)Nc4cn(C)c(C(=O)NCC[C@@H](NC(=O)CCOCCOCCOCCOCCOCCOCCOCCOCCOCCOCCOCCOCCNC(=O)CCCC[C@@H]5SC[C@@H]6NC(=O)N[C@@H]65)C(=O)Nc5ccc(C(=O)Nc6cn(C)cc6C(=O)Nc6ccc7[nH]c(C(=O)N8CC(CCl)c9c8cc(O)c8ccccc98)cc7c6)n5C)n4)n3)n2)n1. The highest BCUT2D eigenvalue weighted by molar-refractivity contribution is 8.00. The zero-order valence-corrected chi connectivity index (χ0v) is 85.0. The molecule has 0 bridgehead atoms. The van der Waals surface area contributed by atoms with Crippen LogP contribution in [0.2, 0.25) is 0 Å². The molecule has 13 rings (SSSR count). The van der Waals surface area contributed by atoms with Gasteiger partial charge in [-0.2, -0.15) is 11.8 Å². The number of nitrogens with zero attached hydrogens (tertiary/aromatic N) is 11. The van der Waals surface area contributed by atoms with Crippen LogP contribution in [0.4, 0.5) is 50.9 Å². The number of benzene rings is 3. The summed E-state index contributed by atoms with van der Waals surface area (Å²) in [5.74, 6) is -5.50. The minimum Gasteiger partial charge on any atom is -0.507 e. The largest absolute Gasteiger partial charge is 0.507 e. The Balaban J connectivity index is 0.488. The molecule has 2 saturated heterocycles. The van der Waals surface area contributed by atoms with E-state index in [9.17, 15) is 62.6 Å². The van der Waals surface area contributed by atoms with Crippen molar-refractivity contribution in [3.05, 3.63) is 150 Å². The number of unbranched alkanes of at least 4 members (excludes halogenated alkanes) is 1. The van der Waals surface area contributed by atoms with Gasteiger partial charge >= 0.3 is 6.03 Å². The quantitative estimate of drug-likeness (QED) is 0.0127. The monoisotopic (exact) mass is 2090 g/mol. The average molecular weight is 2100 g/mol. The van der Waals surface area contributed by atoms with Crippen LogP contribution in [-0.4, -0.2) is 342 Å². The number of aromatic amines is 1. The minimum absolute atomic E-state index is 0.00682. The van der Waals surface area contributed by atoms with Crippen LogP contribution in [0.15, 0.2) is 104 Å². The van der Waals surface area contributed by atoms with Crippen molar-refractivity contribution in [2.75, 3.05) is 232 Å². The molecule has 2 fully saturated rings. The fourth-order valence-electron chi connectivity index (χ4n) is 16.4. The lowest BCUT2D eigenvalue weighted by Crippen LogP contribution is -2.46. The predicted molar refractivity (Wildman–Crippen MR) is 546 cm³/mol. The van der Waals surface area contributed by atoms with E-state index in [1.807, 2.05) is 36.0 Å². The van der Waals surface area contributed by atoms with Crippen LogP contribution in [0.5, 0.6) is 5.75 Å². The second kappa shape index (κ2) is 56.4. The zero-order chi connectivity index (χ0) is 105. The Morgan fingerprint density at radius 3 is 1.51 bits per heavy atom. The van der Waals surface area contributed by atoms with Gasteiger partial charge in [0, 0.05) is 170 Å². The number of nitrogens with one attached hydrogen (secondary N) is 13. The highest BCUT2D eigenvalue weighted by Gasteiger charge is 2.43. The number of urea groups is 1. The molecule has 798 valence electrons. The molecule has 0 aliphatic carbocycles. The van der Waals surface area contributed by atoms with Gasteiger partial charge in [-0.1, -0.05) is 30.7 Å². The third-order valence-electron chi connectivity index (χ3n) is 23.7. The molecule has 3 aliphatic rings. The number of hydrogen-bond acceptors (Lipinski definition) is 30. The molecule has 3 aliphatic heterocycles. The van der Waals surface area contributed by atoms with E-state index in [4.69, 9.17) is 68.4 Å². The average Bonchev–Trinajstić information content (AvgIpc) is 1.58. The molecule has 10 aromatic rings. The van der Waals surface area contributed by atoms with Crippen molar-refractivity contribution in [3.63, 3.8) is 0 Å². The van der Waals surface area contributed by atoms with Crippen molar-refractivity contribution in [3.8, 4) is 5.75 Å². The number of fused-ring (bicyclic) bond motifs is 5. The first-order valence-electron chi connectivity index (χ1n) is 48.4. The summed E-state index contributed by atoms with van der Waals surface area (Å²) in [7, 11) is 9.28. The topological polar surface area (TPSA) is 580 Å². The van der Waals surface area contributed by atoms with Gasteiger partial charge in [-0.15, -0.1) is 11.6 Å². The van der Waals surface area contributed by atoms with E-state index < -0.39 is 53.3 Å². The predicted octanol–water partition coefficient (Wildman–Crippen LogP) is 5.52. The van der Waals surface area contributed by atoms with Crippen molar-refractivity contribution < 1.29 is 119 Å². The number of thioether (sulfide) groups is 1. The second-order valence-corrected chi connectivity index (χ2v) is 36.3. The van der Waals surface area contributed by atoms with E-state index >= 15 is 0 Å². The standard InChI is InChI=1S/C97H127ClN24O25S/c1-60(123)101-76-55-118(4)86(107-76)93(131)112-78-57-120(6)88(109-78)95(133)113-79-58-119(5)87(110-79)94(132)111-77-56-117(3)85(108-77)92(130)100-22-20-68(90(128)114-80-19-18-72(121(80)7)91(129)105-70-54-116(2)53-66(70)89(127)102-63-16-17-67-61(48-63)49-69(103-67)96(134)122-52-62(51-98)83-65-13-9-8-12-64(65)74(124)50-73(83)122)104-82(126)21-24-136-26-28-138-30-32-140-34-36-142-38-40-144-42-44-146-46-47-147-45-43-145-41-39-143-37-35-141-33-31-139-29-27-137-25-23-99-81(125)15-11-10-14-75-84-71(59-148-75)106-97(135)115-84/h8-9,12-13,16-19,48-50,53-58,62,68,71,75,84,103,124H,10-11,14-15,20-47,51-52,59H2,1-7H3,(H,99,125)(H,100,130)(H,101,123)(H,102,127)(H,104,126)(H,105,129)(H,111,132)(H,112,131)(H,113,133)(H,114,128)(H2,106,115,135)/t62?,68-,71+,75+,84+/m1/s1. The van der Waals surface area contributed by atoms with E-state index in [0.29, 0.717) is 178 Å². The number of halogens is 1. The molecular weight excluding hydrogens is 1970 g/mol. The maximum absolute atomic E-state index is 14.4. The van der Waals surface area contributed by atoms with Gasteiger partial charge in [0.2, 0.25) is 46.9 Å². The molecule has 0 saturated carbocycles. The first-order chi connectivity index (χ1) is 71.6. The van der Waals surface area contributed by atoms with Crippen molar-refractivity contribution in [2.45, 2.75) is 74.7 Å². The van der Waals surface area contributed by atoms with Crippen LogP contribution < -0.4 is 68.7 Å². The molecule has 5 atom stereocenters. The van der Waals surface area contributed by atoms with Crippen molar-refractivity contribution in [1.82, 2.24) is 78.9 Å². The number of H-pyrrole nitrogens is 1. The van der Waals surface area contributed by atoms with Gasteiger partial charge in [0.1, 0.15) is 29.0 Å². The van der Waals surface area contributed by atoms with Crippen molar-refractivity contribution in [2.24, 2.45) is 42.3 Å². The molecule has 7 aromatic heterocycles. The molecule has 14 N–H and O–H groups in total. The Kier molecular flexibility index (Phi) is 42.5. The number of alkyl halides is 1. The molecule has 3 aromatic carbocycles. The van der Waals surface area contributed by atoms with Crippen molar-refractivity contribution in [1.29, 1.82) is 0 Å². The number of phenolic OH excluding ortho intramolecular Hbond substituents is 1. The lowest BCUT2D eigenvalue weighted by Gasteiger charge is -2.19. The molecule has 13 amide bonds. The summed E-state index contributed by atoms with van der Waals surface area (Å²) in [6.07, 6.45) is 11.5. The zero-order valence-electron chi connectivity index (χ0n) is 83.4. The Morgan fingerprint density at radius 1 is 0.493 bits per heavy atom. The summed E-state index contributed by atoms with van der Waals surface area (Å²) < 4.78 is 75.4. The number of phenols is 1. The third-order valence-corrected chi connectivity index (χ3v) is 25.6. The van der Waals surface area contributed by atoms with E-state index in [1.165, 1.54) is 101 Å². The normalized spacial score (nSPS) is 14.8. The van der Waals surface area contributed by atoms with Gasteiger partial charge in [-0.25, -0.2) is 24.7 Å². The van der Waals surface area contributed by atoms with Crippen LogP contribution in [-0.2, 0) is 118 Å². The smallest absolute Gasteiger partial charge is 0.315 e. The third kappa shape index (κ3) is 32.4. The Labute approximate surface area is 860 Å². The van der Waals surface area contributed by atoms with E-state index in [0.717, 1.165) is 36.0 Å². The number of aromatic hydroxyl groups is 1. The molecule has 10 heterocycles. The Bertz CT molecular complexity index is 6230. The van der Waals surface area contributed by atoms with Crippen LogP contribution in [0.1, 0.15) is 131 Å². The van der Waals surface area contributed by atoms with E-state index in [2.05, 4.69) is 88.7 Å². The summed E-state index contributed by atoms with van der Waals surface area (Å²) >= 11 is 8.36. The first-order valence-corrected chi connectivity index (χ1v) is 50.0. The molecule has 51 heteroatoms. The van der Waals surface area contributed by atoms with Crippen LogP contribution in [0, 0.1) is 0 Å². The number of hydrogen-bond donors (Lipinski definition) is 14. The van der Waals surface area contributed by atoms with Gasteiger partial charge < -0.3 is 163 Å². The number of aryl methyl sites for hydroxylation is 5. The number of carbonyl (C=O) groups excluding carboxylic acids is 12. The lowest BCUT2D eigenvalue weighted by atomic mass is 9.95. The lowest BCUT2D eigenvalue weighted by molar-refractivity contribution is -0.127. The van der Waals surface area contributed by atoms with Gasteiger partial charge in [-0.3, -0.25) is 52.7 Å². The maximum Gasteiger partial charge on any atom is 0.315 e. The molecule has 1 unspecified atom stereocenters. The van der Waals surface area contributed by atoms with Crippen LogP contribution in [0.3, 0.4) is 0 Å². The molecule has 0 spiro atoms. The van der Waals surface area contributed by atoms with E-state index in [-0.39, 0.29) is 181 Å². The number of carbonyl (C=O) groups is 12. The molecular formula is C97H127ClN24O25S. The number of rotatable bonds is 64. The number of aromatic nitrogens is 11. The Morgan fingerprint density at radius 2 is 0.993 bits per heavy atom. The second-order valence-electron chi connectivity index (χ2n) is 34.7. The summed E-state index contributed by atoms with van der Waals surface area (Å²) in [6.45, 7) is 10.3. The fourth-order valence-corrected chi connectivity index (χ4v) is 18.2. The minimum atomic E-state index is -1.31. The molecule has 148 heavy (non-hydrogen) atoms. The highest BCUT2D eigenvalue weighted by atomic mass is 35.5. The van der Waals surface area contributed by atoms with Crippen LogP contribution >= 0.6 is 23.4 Å². The van der Waals surface area contributed by atoms with Gasteiger partial charge in [0.25, 0.3) is 41.4 Å². The summed E-state index contributed by atoms with van der Waals surface area (Å²) in [6, 6.07) is 17.7. The first kappa shape index (κ1) is 111. The van der Waals surface area contributed by atoms with E-state index in [1.54, 1.807) is 60.1 Å². The number of anilines is 8. The summed E-state index contributed by atoms with van der Waals surface area (Å²) in [5.41, 5.74) is 3.01. The van der Waals surface area contributed by atoms with Crippen molar-refractivity contribution >= 4 is 162 Å². The number of ether oxygens (including phenoxy) is 12. The summed E-state index contributed by atoms with van der Waals surface area (Å²) in [4.78, 5) is 182. The molecule has 0 radical (unpaired) electrons. The fraction of sp³-hybridized carbons (Fsp3) is 0.485. The number of amides is 13. The summed E-state index contributed by atoms with van der Waals surface area (Å²) in [5, 5.41) is 46.5.